The highest BCUT2D eigenvalue weighted by atomic mass is 32.1. The zero-order valence-electron chi connectivity index (χ0n) is 14.1. The molecule has 26 heavy (non-hydrogen) atoms. The SMILES string of the molecule is C[C@@H](O)c1nnc(C[C@H]2C[C@H](NC(=O)c3cc(-c4cccs4)no3)C2)o1. The second-order valence-corrected chi connectivity index (χ2v) is 7.42. The third-order valence-electron chi connectivity index (χ3n) is 4.38. The smallest absolute Gasteiger partial charge is 0.290 e. The van der Waals surface area contributed by atoms with Crippen molar-refractivity contribution in [2.75, 3.05) is 0 Å². The van der Waals surface area contributed by atoms with Crippen LogP contribution < -0.4 is 5.32 Å². The van der Waals surface area contributed by atoms with E-state index in [4.69, 9.17) is 8.94 Å². The van der Waals surface area contributed by atoms with Crippen molar-refractivity contribution < 1.29 is 18.8 Å². The standard InChI is InChI=1S/C17H18N4O4S/c1-9(22)17-20-19-15(24-17)7-10-5-11(6-10)18-16(23)13-8-12(21-25-13)14-3-2-4-26-14/h2-4,8-11,22H,5-7H2,1H3,(H,18,23)/t9-,10-,11-/m1/s1. The van der Waals surface area contributed by atoms with Gasteiger partial charge in [0.1, 0.15) is 11.8 Å². The summed E-state index contributed by atoms with van der Waals surface area (Å²) in [5.74, 6) is 1.09. The highest BCUT2D eigenvalue weighted by molar-refractivity contribution is 7.13. The summed E-state index contributed by atoms with van der Waals surface area (Å²) in [6.07, 6.45) is 1.57. The maximum absolute atomic E-state index is 12.3. The Bertz CT molecular complexity index is 880. The Kier molecular flexibility index (Phi) is 4.56. The van der Waals surface area contributed by atoms with Crippen LogP contribution in [-0.4, -0.2) is 32.4 Å². The maximum atomic E-state index is 12.3. The molecule has 2 N–H and O–H groups in total. The first-order chi connectivity index (χ1) is 12.6. The number of aromatic nitrogens is 3. The van der Waals surface area contributed by atoms with Crippen molar-refractivity contribution in [3.05, 3.63) is 41.1 Å². The number of amides is 1. The molecular formula is C17H18N4O4S. The molecule has 8 nitrogen and oxygen atoms in total. The molecule has 0 unspecified atom stereocenters. The van der Waals surface area contributed by atoms with Gasteiger partial charge in [-0.15, -0.1) is 21.5 Å². The van der Waals surface area contributed by atoms with Gasteiger partial charge in [0.15, 0.2) is 0 Å². The Morgan fingerprint density at radius 3 is 3.00 bits per heavy atom. The van der Waals surface area contributed by atoms with Gasteiger partial charge >= 0.3 is 0 Å². The van der Waals surface area contributed by atoms with Crippen molar-refractivity contribution in [1.82, 2.24) is 20.7 Å². The highest BCUT2D eigenvalue weighted by Crippen LogP contribution is 2.31. The molecule has 0 aliphatic heterocycles. The van der Waals surface area contributed by atoms with Gasteiger partial charge in [0.05, 0.1) is 4.88 Å². The van der Waals surface area contributed by atoms with Gasteiger partial charge in [-0.3, -0.25) is 4.79 Å². The van der Waals surface area contributed by atoms with E-state index in [0.717, 1.165) is 17.7 Å². The number of rotatable bonds is 6. The normalized spacial score (nSPS) is 20.5. The highest BCUT2D eigenvalue weighted by Gasteiger charge is 2.32. The first-order valence-electron chi connectivity index (χ1n) is 8.40. The van der Waals surface area contributed by atoms with Crippen LogP contribution in [0, 0.1) is 5.92 Å². The molecule has 0 saturated heterocycles. The number of aliphatic hydroxyl groups excluding tert-OH is 1. The van der Waals surface area contributed by atoms with Gasteiger partial charge in [-0.1, -0.05) is 11.2 Å². The molecule has 1 aliphatic rings. The fraction of sp³-hybridized carbons (Fsp3) is 0.412. The van der Waals surface area contributed by atoms with Crippen LogP contribution in [0.4, 0.5) is 0 Å². The molecule has 3 heterocycles. The molecule has 1 aliphatic carbocycles. The Morgan fingerprint density at radius 1 is 1.46 bits per heavy atom. The lowest BCUT2D eigenvalue weighted by atomic mass is 9.78. The zero-order valence-corrected chi connectivity index (χ0v) is 14.9. The van der Waals surface area contributed by atoms with Crippen LogP contribution in [-0.2, 0) is 6.42 Å². The second kappa shape index (κ2) is 7.00. The molecule has 0 radical (unpaired) electrons. The number of nitrogens with zero attached hydrogens (tertiary/aromatic N) is 3. The molecule has 1 fully saturated rings. The molecule has 9 heteroatoms. The lowest BCUT2D eigenvalue weighted by molar-refractivity contribution is 0.0848. The fourth-order valence-corrected chi connectivity index (χ4v) is 3.64. The number of carbonyl (C=O) groups excluding carboxylic acids is 1. The van der Waals surface area contributed by atoms with Crippen molar-refractivity contribution in [3.63, 3.8) is 0 Å². The van der Waals surface area contributed by atoms with E-state index in [9.17, 15) is 9.90 Å². The van der Waals surface area contributed by atoms with Crippen LogP contribution in [0.3, 0.4) is 0 Å². The Labute approximate surface area is 153 Å². The Hall–Kier alpha value is -2.52. The van der Waals surface area contributed by atoms with E-state index in [0.29, 0.717) is 23.9 Å². The minimum Gasteiger partial charge on any atom is -0.422 e. The molecule has 1 saturated carbocycles. The van der Waals surface area contributed by atoms with Crippen LogP contribution >= 0.6 is 11.3 Å². The van der Waals surface area contributed by atoms with Crippen molar-refractivity contribution in [2.24, 2.45) is 5.92 Å². The lowest BCUT2D eigenvalue weighted by Crippen LogP contribution is -2.44. The molecule has 136 valence electrons. The minimum atomic E-state index is -0.759. The van der Waals surface area contributed by atoms with Crippen LogP contribution in [0.15, 0.2) is 32.5 Å². The molecule has 0 bridgehead atoms. The van der Waals surface area contributed by atoms with Gasteiger partial charge in [0.25, 0.3) is 5.91 Å². The Morgan fingerprint density at radius 2 is 2.31 bits per heavy atom. The average molecular weight is 374 g/mol. The zero-order chi connectivity index (χ0) is 18.1. The summed E-state index contributed by atoms with van der Waals surface area (Å²) in [5.41, 5.74) is 0.668. The fourth-order valence-electron chi connectivity index (χ4n) is 2.96. The number of hydrogen-bond donors (Lipinski definition) is 2. The molecular weight excluding hydrogens is 356 g/mol. The van der Waals surface area contributed by atoms with Gasteiger partial charge < -0.3 is 19.4 Å². The molecule has 0 aromatic carbocycles. The number of aliphatic hydroxyl groups is 1. The summed E-state index contributed by atoms with van der Waals surface area (Å²) < 4.78 is 10.5. The minimum absolute atomic E-state index is 0.0990. The molecule has 0 spiro atoms. The maximum Gasteiger partial charge on any atom is 0.290 e. The van der Waals surface area contributed by atoms with Crippen LogP contribution in [0.5, 0.6) is 0 Å². The summed E-state index contributed by atoms with van der Waals surface area (Å²) in [6.45, 7) is 1.58. The van der Waals surface area contributed by atoms with E-state index in [-0.39, 0.29) is 23.6 Å². The average Bonchev–Trinajstić information content (AvgIpc) is 3.32. The first kappa shape index (κ1) is 16.9. The van der Waals surface area contributed by atoms with E-state index in [1.54, 1.807) is 24.3 Å². The van der Waals surface area contributed by atoms with Crippen LogP contribution in [0.25, 0.3) is 10.6 Å². The number of carbonyl (C=O) groups is 1. The summed E-state index contributed by atoms with van der Waals surface area (Å²) in [6, 6.07) is 5.62. The van der Waals surface area contributed by atoms with Gasteiger partial charge in [-0.25, -0.2) is 0 Å². The quantitative estimate of drug-likeness (QED) is 0.681. The third-order valence-corrected chi connectivity index (χ3v) is 5.27. The molecule has 1 amide bonds. The van der Waals surface area contributed by atoms with E-state index in [2.05, 4.69) is 20.7 Å². The van der Waals surface area contributed by atoms with Crippen molar-refractivity contribution >= 4 is 17.2 Å². The second-order valence-electron chi connectivity index (χ2n) is 6.48. The predicted molar refractivity (Wildman–Crippen MR) is 92.4 cm³/mol. The molecule has 4 rings (SSSR count). The van der Waals surface area contributed by atoms with Gasteiger partial charge in [-0.2, -0.15) is 0 Å². The first-order valence-corrected chi connectivity index (χ1v) is 9.28. The van der Waals surface area contributed by atoms with Crippen molar-refractivity contribution in [2.45, 2.75) is 38.3 Å². The summed E-state index contributed by atoms with van der Waals surface area (Å²) in [7, 11) is 0. The van der Waals surface area contributed by atoms with Crippen LogP contribution in [0.2, 0.25) is 0 Å². The molecule has 1 atom stereocenters. The number of hydrogen-bond acceptors (Lipinski definition) is 8. The summed E-state index contributed by atoms with van der Waals surface area (Å²) in [5, 5.41) is 26.0. The predicted octanol–water partition coefficient (Wildman–Crippen LogP) is 2.59. The topological polar surface area (TPSA) is 114 Å². The van der Waals surface area contributed by atoms with Gasteiger partial charge in [0.2, 0.25) is 17.5 Å². The summed E-state index contributed by atoms with van der Waals surface area (Å²) >= 11 is 1.55. The van der Waals surface area contributed by atoms with Crippen molar-refractivity contribution in [3.8, 4) is 10.6 Å². The third kappa shape index (κ3) is 3.54. The van der Waals surface area contributed by atoms with E-state index < -0.39 is 6.10 Å². The van der Waals surface area contributed by atoms with E-state index in [1.807, 2.05) is 17.5 Å². The molecule has 3 aromatic heterocycles. The number of nitrogens with one attached hydrogen (secondary N) is 1. The van der Waals surface area contributed by atoms with E-state index >= 15 is 0 Å². The van der Waals surface area contributed by atoms with Crippen LogP contribution in [0.1, 0.15) is 48.2 Å². The van der Waals surface area contributed by atoms with Gasteiger partial charge in [0, 0.05) is 18.5 Å². The summed E-state index contributed by atoms with van der Waals surface area (Å²) in [4.78, 5) is 13.2. The Balaban J connectivity index is 1.26. The largest absolute Gasteiger partial charge is 0.422 e. The van der Waals surface area contributed by atoms with Crippen molar-refractivity contribution in [1.29, 1.82) is 0 Å². The monoisotopic (exact) mass is 374 g/mol. The van der Waals surface area contributed by atoms with E-state index in [1.165, 1.54) is 0 Å². The number of thiophene rings is 1. The lowest BCUT2D eigenvalue weighted by Gasteiger charge is -2.34. The molecule has 3 aromatic rings. The van der Waals surface area contributed by atoms with Gasteiger partial charge in [-0.05, 0) is 37.1 Å².